The number of nitrogen functional groups attached to an aromatic ring is 1. The number of nitrogens with two attached hydrogens (primary N) is 1. The summed E-state index contributed by atoms with van der Waals surface area (Å²) in [4.78, 5) is 17.0. The standard InChI is InChI=1S/C11H11BrN2O2S/c1-3-16-11(15)8-5(2)14-10-6(9(8)13)4-7(12)17-10/h4H,3H2,1-2H3,(H2,13,14). The molecule has 0 spiro atoms. The van der Waals surface area contributed by atoms with Gasteiger partial charge >= 0.3 is 5.97 Å². The molecule has 0 saturated heterocycles. The van der Waals surface area contributed by atoms with E-state index in [1.54, 1.807) is 13.8 Å². The molecule has 2 aromatic heterocycles. The van der Waals surface area contributed by atoms with Crippen molar-refractivity contribution in [3.63, 3.8) is 0 Å². The first-order chi connectivity index (χ1) is 8.04. The van der Waals surface area contributed by atoms with E-state index in [1.807, 2.05) is 6.07 Å². The number of anilines is 1. The summed E-state index contributed by atoms with van der Waals surface area (Å²) in [5, 5.41) is 0.788. The summed E-state index contributed by atoms with van der Waals surface area (Å²) in [5.74, 6) is -0.417. The van der Waals surface area contributed by atoms with Crippen LogP contribution < -0.4 is 5.73 Å². The SMILES string of the molecule is CCOC(=O)c1c(C)nc2sc(Br)cc2c1N. The molecule has 0 atom stereocenters. The van der Waals surface area contributed by atoms with Crippen molar-refractivity contribution < 1.29 is 9.53 Å². The zero-order valence-electron chi connectivity index (χ0n) is 9.41. The Hall–Kier alpha value is -1.14. The maximum atomic E-state index is 11.8. The Labute approximate surface area is 111 Å². The summed E-state index contributed by atoms with van der Waals surface area (Å²) in [6.07, 6.45) is 0. The van der Waals surface area contributed by atoms with Crippen LogP contribution in [-0.4, -0.2) is 17.6 Å². The molecule has 0 aromatic carbocycles. The molecule has 2 N–H and O–H groups in total. The fraction of sp³-hybridized carbons (Fsp3) is 0.273. The number of hydrogen-bond acceptors (Lipinski definition) is 5. The Morgan fingerprint density at radius 1 is 1.65 bits per heavy atom. The molecule has 0 aliphatic carbocycles. The first kappa shape index (κ1) is 12.3. The highest BCUT2D eigenvalue weighted by atomic mass is 79.9. The number of rotatable bonds is 2. The molecular weight excluding hydrogens is 304 g/mol. The fourth-order valence-corrected chi connectivity index (χ4v) is 3.14. The second-order valence-electron chi connectivity index (χ2n) is 3.48. The molecule has 2 rings (SSSR count). The molecule has 90 valence electrons. The summed E-state index contributed by atoms with van der Waals surface area (Å²) >= 11 is 4.87. The van der Waals surface area contributed by atoms with Crippen LogP contribution in [0.1, 0.15) is 23.0 Å². The van der Waals surface area contributed by atoms with Gasteiger partial charge in [0.1, 0.15) is 10.4 Å². The molecule has 2 heterocycles. The first-order valence-corrected chi connectivity index (χ1v) is 6.67. The summed E-state index contributed by atoms with van der Waals surface area (Å²) in [7, 11) is 0. The normalized spacial score (nSPS) is 10.8. The Morgan fingerprint density at radius 3 is 3.00 bits per heavy atom. The Morgan fingerprint density at radius 2 is 2.35 bits per heavy atom. The van der Waals surface area contributed by atoms with E-state index in [2.05, 4.69) is 20.9 Å². The van der Waals surface area contributed by atoms with Crippen molar-refractivity contribution in [2.75, 3.05) is 12.3 Å². The number of aromatic nitrogens is 1. The molecule has 0 fully saturated rings. The van der Waals surface area contributed by atoms with Crippen molar-refractivity contribution in [1.82, 2.24) is 4.98 Å². The van der Waals surface area contributed by atoms with Gasteiger partial charge in [0.15, 0.2) is 0 Å². The van der Waals surface area contributed by atoms with Crippen molar-refractivity contribution in [2.45, 2.75) is 13.8 Å². The van der Waals surface area contributed by atoms with Crippen LogP contribution in [0.4, 0.5) is 5.69 Å². The molecule has 4 nitrogen and oxygen atoms in total. The smallest absolute Gasteiger partial charge is 0.342 e. The van der Waals surface area contributed by atoms with E-state index in [-0.39, 0.29) is 0 Å². The summed E-state index contributed by atoms with van der Waals surface area (Å²) < 4.78 is 5.92. The topological polar surface area (TPSA) is 65.2 Å². The first-order valence-electron chi connectivity index (χ1n) is 5.06. The van der Waals surface area contributed by atoms with Crippen molar-refractivity contribution in [1.29, 1.82) is 0 Å². The molecule has 2 aromatic rings. The van der Waals surface area contributed by atoms with Gasteiger partial charge < -0.3 is 10.5 Å². The third-order valence-electron chi connectivity index (χ3n) is 2.35. The predicted molar refractivity (Wildman–Crippen MR) is 72.4 cm³/mol. The fourth-order valence-electron chi connectivity index (χ4n) is 1.63. The van der Waals surface area contributed by atoms with Crippen LogP contribution in [0.15, 0.2) is 9.85 Å². The molecule has 0 saturated carbocycles. The van der Waals surface area contributed by atoms with Crippen molar-refractivity contribution in [3.05, 3.63) is 21.1 Å². The number of carbonyl (C=O) groups excluding carboxylic acids is 1. The van der Waals surface area contributed by atoms with Crippen LogP contribution in [0, 0.1) is 6.92 Å². The molecular formula is C11H11BrN2O2S. The van der Waals surface area contributed by atoms with Gasteiger partial charge in [0.2, 0.25) is 0 Å². The summed E-state index contributed by atoms with van der Waals surface area (Å²) in [5.41, 5.74) is 7.41. The van der Waals surface area contributed by atoms with Crippen LogP contribution in [-0.2, 0) is 4.74 Å². The van der Waals surface area contributed by atoms with Crippen molar-refractivity contribution in [3.8, 4) is 0 Å². The zero-order valence-corrected chi connectivity index (χ0v) is 11.8. The van der Waals surface area contributed by atoms with E-state index in [9.17, 15) is 4.79 Å². The predicted octanol–water partition coefficient (Wildman–Crippen LogP) is 3.13. The van der Waals surface area contributed by atoms with E-state index >= 15 is 0 Å². The molecule has 0 amide bonds. The number of aryl methyl sites for hydroxylation is 1. The number of esters is 1. The Kier molecular flexibility index (Phi) is 3.35. The second-order valence-corrected chi connectivity index (χ2v) is 5.89. The van der Waals surface area contributed by atoms with Crippen LogP contribution in [0.2, 0.25) is 0 Å². The minimum Gasteiger partial charge on any atom is -0.462 e. The van der Waals surface area contributed by atoms with Gasteiger partial charge in [0.25, 0.3) is 0 Å². The van der Waals surface area contributed by atoms with Gasteiger partial charge in [-0.1, -0.05) is 0 Å². The summed E-state index contributed by atoms with van der Waals surface area (Å²) in [6.45, 7) is 3.84. The van der Waals surface area contributed by atoms with Crippen LogP contribution in [0.25, 0.3) is 10.2 Å². The summed E-state index contributed by atoms with van der Waals surface area (Å²) in [6, 6.07) is 1.87. The maximum Gasteiger partial charge on any atom is 0.342 e. The van der Waals surface area contributed by atoms with Crippen LogP contribution in [0.3, 0.4) is 0 Å². The Balaban J connectivity index is 2.66. The molecule has 0 aliphatic rings. The molecule has 0 aliphatic heterocycles. The number of thiophene rings is 1. The quantitative estimate of drug-likeness (QED) is 0.865. The largest absolute Gasteiger partial charge is 0.462 e. The highest BCUT2D eigenvalue weighted by molar-refractivity contribution is 9.11. The lowest BCUT2D eigenvalue weighted by atomic mass is 10.1. The lowest BCUT2D eigenvalue weighted by Crippen LogP contribution is -2.11. The number of hydrogen-bond donors (Lipinski definition) is 1. The number of ether oxygens (including phenoxy) is 1. The van der Waals surface area contributed by atoms with Crippen LogP contribution in [0.5, 0.6) is 0 Å². The van der Waals surface area contributed by atoms with E-state index < -0.39 is 5.97 Å². The highest BCUT2D eigenvalue weighted by Crippen LogP contribution is 2.34. The highest BCUT2D eigenvalue weighted by Gasteiger charge is 2.19. The number of halogens is 1. The molecule has 0 unspecified atom stereocenters. The number of fused-ring (bicyclic) bond motifs is 1. The Bertz CT molecular complexity index is 595. The number of nitrogens with zero attached hydrogens (tertiary/aromatic N) is 1. The third-order valence-corrected chi connectivity index (χ3v) is 3.88. The lowest BCUT2D eigenvalue weighted by molar-refractivity contribution is 0.0526. The average molecular weight is 315 g/mol. The minimum absolute atomic E-state index is 0.323. The van der Waals surface area contributed by atoms with Gasteiger partial charge in [-0.2, -0.15) is 0 Å². The van der Waals surface area contributed by atoms with Gasteiger partial charge in [-0.05, 0) is 35.8 Å². The zero-order chi connectivity index (χ0) is 12.6. The van der Waals surface area contributed by atoms with E-state index in [0.717, 1.165) is 14.0 Å². The second kappa shape index (κ2) is 4.62. The van der Waals surface area contributed by atoms with E-state index in [0.29, 0.717) is 23.6 Å². The van der Waals surface area contributed by atoms with Crippen molar-refractivity contribution >= 4 is 49.1 Å². The monoisotopic (exact) mass is 314 g/mol. The average Bonchev–Trinajstić information content (AvgIpc) is 2.59. The molecule has 0 bridgehead atoms. The minimum atomic E-state index is -0.417. The van der Waals surface area contributed by atoms with Crippen molar-refractivity contribution in [2.24, 2.45) is 0 Å². The van der Waals surface area contributed by atoms with Crippen LogP contribution >= 0.6 is 27.3 Å². The van der Waals surface area contributed by atoms with E-state index in [1.165, 1.54) is 11.3 Å². The molecule has 6 heteroatoms. The van der Waals surface area contributed by atoms with Gasteiger partial charge in [0, 0.05) is 5.39 Å². The maximum absolute atomic E-state index is 11.8. The molecule has 0 radical (unpaired) electrons. The number of pyridine rings is 1. The van der Waals surface area contributed by atoms with E-state index in [4.69, 9.17) is 10.5 Å². The molecule has 17 heavy (non-hydrogen) atoms. The number of carbonyl (C=O) groups is 1. The van der Waals surface area contributed by atoms with Gasteiger partial charge in [0.05, 0.1) is 21.8 Å². The lowest BCUT2D eigenvalue weighted by Gasteiger charge is -2.08. The van der Waals surface area contributed by atoms with Gasteiger partial charge in [-0.25, -0.2) is 9.78 Å². The van der Waals surface area contributed by atoms with Gasteiger partial charge in [-0.15, -0.1) is 11.3 Å². The van der Waals surface area contributed by atoms with Gasteiger partial charge in [-0.3, -0.25) is 0 Å². The third kappa shape index (κ3) is 2.14.